The fraction of sp³-hybridized carbons (Fsp3) is 0.429. The first-order valence-electron chi connectivity index (χ1n) is 9.07. The van der Waals surface area contributed by atoms with Gasteiger partial charge in [-0.25, -0.2) is 0 Å². The molecule has 0 aliphatic carbocycles. The van der Waals surface area contributed by atoms with Gasteiger partial charge in [0.1, 0.15) is 5.75 Å². The molecule has 3 rings (SSSR count). The van der Waals surface area contributed by atoms with Gasteiger partial charge in [0.15, 0.2) is 0 Å². The van der Waals surface area contributed by atoms with Crippen molar-refractivity contribution in [3.8, 4) is 5.75 Å². The van der Waals surface area contributed by atoms with Crippen molar-refractivity contribution in [1.29, 1.82) is 0 Å². The molecule has 0 unspecified atom stereocenters. The molecule has 1 fully saturated rings. The quantitative estimate of drug-likeness (QED) is 0.807. The van der Waals surface area contributed by atoms with Gasteiger partial charge in [0, 0.05) is 25.5 Å². The van der Waals surface area contributed by atoms with Gasteiger partial charge in [-0.1, -0.05) is 29.8 Å². The van der Waals surface area contributed by atoms with Crippen LogP contribution >= 0.6 is 0 Å². The number of aromatic nitrogens is 1. The van der Waals surface area contributed by atoms with Crippen molar-refractivity contribution < 1.29 is 9.53 Å². The topological polar surface area (TPSA) is 42.4 Å². The monoisotopic (exact) mass is 338 g/mol. The maximum Gasteiger partial charge on any atom is 0.226 e. The van der Waals surface area contributed by atoms with Gasteiger partial charge in [-0.15, -0.1) is 0 Å². The fourth-order valence-corrected chi connectivity index (χ4v) is 3.36. The first-order chi connectivity index (χ1) is 12.2. The summed E-state index contributed by atoms with van der Waals surface area (Å²) >= 11 is 0. The van der Waals surface area contributed by atoms with Crippen LogP contribution in [0.1, 0.15) is 30.4 Å². The van der Waals surface area contributed by atoms with Crippen LogP contribution in [0.5, 0.6) is 5.75 Å². The molecular weight excluding hydrogens is 312 g/mol. The van der Waals surface area contributed by atoms with Crippen molar-refractivity contribution in [2.24, 2.45) is 5.92 Å². The zero-order valence-electron chi connectivity index (χ0n) is 14.9. The van der Waals surface area contributed by atoms with Gasteiger partial charge >= 0.3 is 0 Å². The minimum atomic E-state index is 0.247. The number of pyridine rings is 1. The molecule has 4 nitrogen and oxygen atoms in total. The number of carbonyl (C=O) groups is 1. The molecule has 0 saturated carbocycles. The molecule has 0 bridgehead atoms. The summed E-state index contributed by atoms with van der Waals surface area (Å²) in [6, 6.07) is 12.0. The lowest BCUT2D eigenvalue weighted by Crippen LogP contribution is -2.39. The number of benzene rings is 1. The van der Waals surface area contributed by atoms with Gasteiger partial charge in [-0.3, -0.25) is 9.78 Å². The Bertz CT molecular complexity index is 679. The number of amides is 1. The van der Waals surface area contributed by atoms with Gasteiger partial charge in [-0.2, -0.15) is 0 Å². The van der Waals surface area contributed by atoms with E-state index in [0.29, 0.717) is 12.3 Å². The Morgan fingerprint density at radius 1 is 1.20 bits per heavy atom. The molecule has 0 N–H and O–H groups in total. The second kappa shape index (κ2) is 8.65. The van der Waals surface area contributed by atoms with E-state index < -0.39 is 0 Å². The summed E-state index contributed by atoms with van der Waals surface area (Å²) in [4.78, 5) is 18.5. The second-order valence-corrected chi connectivity index (χ2v) is 6.81. The summed E-state index contributed by atoms with van der Waals surface area (Å²) in [6.07, 6.45) is 7.18. The van der Waals surface area contributed by atoms with Gasteiger partial charge in [-0.05, 0) is 49.8 Å². The lowest BCUT2D eigenvalue weighted by atomic mass is 9.93. The molecule has 1 aromatic carbocycles. The second-order valence-electron chi connectivity index (χ2n) is 6.81. The molecule has 132 valence electrons. The van der Waals surface area contributed by atoms with Crippen molar-refractivity contribution in [3.05, 3.63) is 59.9 Å². The minimum absolute atomic E-state index is 0.247. The number of piperidine rings is 1. The zero-order valence-corrected chi connectivity index (χ0v) is 14.9. The summed E-state index contributed by atoms with van der Waals surface area (Å²) in [5.41, 5.74) is 2.32. The van der Waals surface area contributed by atoms with Crippen LogP contribution in [0.25, 0.3) is 0 Å². The van der Waals surface area contributed by atoms with E-state index >= 15 is 0 Å². The van der Waals surface area contributed by atoms with Crippen molar-refractivity contribution in [2.45, 2.75) is 32.6 Å². The van der Waals surface area contributed by atoms with Gasteiger partial charge in [0.25, 0.3) is 0 Å². The molecule has 1 amide bonds. The lowest BCUT2D eigenvalue weighted by Gasteiger charge is -2.32. The number of hydrogen-bond donors (Lipinski definition) is 0. The van der Waals surface area contributed by atoms with E-state index in [2.05, 4.69) is 24.0 Å². The average Bonchev–Trinajstić information content (AvgIpc) is 2.63. The van der Waals surface area contributed by atoms with Crippen LogP contribution in [0.15, 0.2) is 48.8 Å². The van der Waals surface area contributed by atoms with Gasteiger partial charge < -0.3 is 9.64 Å². The third-order valence-electron chi connectivity index (χ3n) is 4.85. The molecule has 0 radical (unpaired) electrons. The standard InChI is InChI=1S/C21H26N2O2/c1-17-3-2-4-19(15-17)16-21(24)23-12-7-18(8-13-23)9-14-25-20-5-10-22-11-6-20/h2-6,10-11,15,18H,7-9,12-14,16H2,1H3. The van der Waals surface area contributed by atoms with Crippen molar-refractivity contribution in [2.75, 3.05) is 19.7 Å². The summed E-state index contributed by atoms with van der Waals surface area (Å²) in [7, 11) is 0. The van der Waals surface area contributed by atoms with Crippen LogP contribution in [0.3, 0.4) is 0 Å². The third-order valence-corrected chi connectivity index (χ3v) is 4.85. The number of aryl methyl sites for hydroxylation is 1. The van der Waals surface area contributed by atoms with Crippen LogP contribution in [0.2, 0.25) is 0 Å². The number of hydrogen-bond acceptors (Lipinski definition) is 3. The number of rotatable bonds is 6. The SMILES string of the molecule is Cc1cccc(CC(=O)N2CCC(CCOc3ccncc3)CC2)c1. The first-order valence-corrected chi connectivity index (χ1v) is 9.07. The minimum Gasteiger partial charge on any atom is -0.493 e. The Balaban J connectivity index is 1.38. The molecule has 4 heteroatoms. The molecular formula is C21H26N2O2. The number of carbonyl (C=O) groups excluding carboxylic acids is 1. The van der Waals surface area contributed by atoms with E-state index in [0.717, 1.165) is 50.3 Å². The smallest absolute Gasteiger partial charge is 0.226 e. The predicted octanol–water partition coefficient (Wildman–Crippen LogP) is 3.64. The highest BCUT2D eigenvalue weighted by atomic mass is 16.5. The Labute approximate surface area is 149 Å². The molecule has 2 heterocycles. The maximum absolute atomic E-state index is 12.5. The average molecular weight is 338 g/mol. The highest BCUT2D eigenvalue weighted by Crippen LogP contribution is 2.22. The van der Waals surface area contributed by atoms with Crippen LogP contribution in [-0.4, -0.2) is 35.5 Å². The van der Waals surface area contributed by atoms with E-state index in [1.807, 2.05) is 29.2 Å². The normalized spacial score (nSPS) is 15.2. The molecule has 2 aromatic rings. The molecule has 0 spiro atoms. The summed E-state index contributed by atoms with van der Waals surface area (Å²) in [5, 5.41) is 0. The zero-order chi connectivity index (χ0) is 17.5. The van der Waals surface area contributed by atoms with E-state index in [1.54, 1.807) is 12.4 Å². The predicted molar refractivity (Wildman–Crippen MR) is 98.5 cm³/mol. The largest absolute Gasteiger partial charge is 0.493 e. The molecule has 1 saturated heterocycles. The molecule has 25 heavy (non-hydrogen) atoms. The van der Waals surface area contributed by atoms with Gasteiger partial charge in [0.2, 0.25) is 5.91 Å². The maximum atomic E-state index is 12.5. The van der Waals surface area contributed by atoms with Crippen LogP contribution in [0.4, 0.5) is 0 Å². The van der Waals surface area contributed by atoms with E-state index in [-0.39, 0.29) is 5.91 Å². The number of likely N-dealkylation sites (tertiary alicyclic amines) is 1. The van der Waals surface area contributed by atoms with Crippen molar-refractivity contribution >= 4 is 5.91 Å². The van der Waals surface area contributed by atoms with E-state index in [4.69, 9.17) is 4.74 Å². The summed E-state index contributed by atoms with van der Waals surface area (Å²) < 4.78 is 5.75. The Morgan fingerprint density at radius 3 is 2.68 bits per heavy atom. The molecule has 1 aliphatic heterocycles. The van der Waals surface area contributed by atoms with E-state index in [1.165, 1.54) is 5.56 Å². The van der Waals surface area contributed by atoms with Crippen molar-refractivity contribution in [3.63, 3.8) is 0 Å². The number of ether oxygens (including phenoxy) is 1. The third kappa shape index (κ3) is 5.31. The fourth-order valence-electron chi connectivity index (χ4n) is 3.36. The lowest BCUT2D eigenvalue weighted by molar-refractivity contribution is -0.131. The first kappa shape index (κ1) is 17.5. The Morgan fingerprint density at radius 2 is 1.96 bits per heavy atom. The number of nitrogens with zero attached hydrogens (tertiary/aromatic N) is 2. The summed E-state index contributed by atoms with van der Waals surface area (Å²) in [6.45, 7) is 4.52. The van der Waals surface area contributed by atoms with Gasteiger partial charge in [0.05, 0.1) is 13.0 Å². The molecule has 1 aliphatic rings. The van der Waals surface area contributed by atoms with Crippen LogP contribution < -0.4 is 4.74 Å². The van der Waals surface area contributed by atoms with Crippen LogP contribution in [-0.2, 0) is 11.2 Å². The molecule has 0 atom stereocenters. The van der Waals surface area contributed by atoms with Crippen LogP contribution in [0, 0.1) is 12.8 Å². The van der Waals surface area contributed by atoms with E-state index in [9.17, 15) is 4.79 Å². The summed E-state index contributed by atoms with van der Waals surface area (Å²) in [5.74, 6) is 1.77. The van der Waals surface area contributed by atoms with Crippen molar-refractivity contribution in [1.82, 2.24) is 9.88 Å². The highest BCUT2D eigenvalue weighted by molar-refractivity contribution is 5.78. The highest BCUT2D eigenvalue weighted by Gasteiger charge is 2.22. The Kier molecular flexibility index (Phi) is 6.04. The Hall–Kier alpha value is -2.36. The molecule has 1 aromatic heterocycles.